The zero-order valence-corrected chi connectivity index (χ0v) is 11.1. The van der Waals surface area contributed by atoms with Crippen LogP contribution in [0.4, 0.5) is 0 Å². The van der Waals surface area contributed by atoms with Crippen molar-refractivity contribution < 1.29 is 0 Å². The molecule has 0 nitrogen and oxygen atoms in total. The van der Waals surface area contributed by atoms with Crippen LogP contribution in [0.5, 0.6) is 0 Å². The molecule has 2 rings (SSSR count). The lowest BCUT2D eigenvalue weighted by Crippen LogP contribution is -2.13. The van der Waals surface area contributed by atoms with Gasteiger partial charge in [0.05, 0.1) is 13.7 Å². The summed E-state index contributed by atoms with van der Waals surface area (Å²) in [5, 5.41) is 1.54. The first-order valence-corrected chi connectivity index (χ1v) is 7.59. The van der Waals surface area contributed by atoms with Crippen LogP contribution in [-0.2, 0) is 0 Å². The average molecular weight is 271 g/mol. The summed E-state index contributed by atoms with van der Waals surface area (Å²) in [6.07, 6.45) is 3.59. The van der Waals surface area contributed by atoms with Gasteiger partial charge >= 0.3 is 0 Å². The van der Waals surface area contributed by atoms with E-state index in [0.717, 1.165) is 0 Å². The van der Waals surface area contributed by atoms with Gasteiger partial charge < -0.3 is 0 Å². The first-order chi connectivity index (χ1) is 6.34. The molecule has 0 N–H and O–H groups in total. The lowest BCUT2D eigenvalue weighted by Gasteiger charge is -2.01. The first-order valence-electron chi connectivity index (χ1n) is 4.38. The molecule has 0 saturated heterocycles. The molecular formula is C10H11BrSSi. The summed E-state index contributed by atoms with van der Waals surface area (Å²) >= 11 is 5.62. The van der Waals surface area contributed by atoms with Crippen LogP contribution < -0.4 is 5.19 Å². The van der Waals surface area contributed by atoms with Gasteiger partial charge in [-0.1, -0.05) is 57.5 Å². The highest BCUT2D eigenvalue weighted by molar-refractivity contribution is 9.11. The SMILES string of the molecule is BrC1CC=C([SiH2]c2ccccc2)S1. The second kappa shape index (κ2) is 4.49. The third kappa shape index (κ3) is 2.72. The molecule has 0 aliphatic carbocycles. The van der Waals surface area contributed by atoms with E-state index in [1.54, 1.807) is 9.72 Å². The average Bonchev–Trinajstić information content (AvgIpc) is 2.53. The highest BCUT2D eigenvalue weighted by Gasteiger charge is 2.14. The van der Waals surface area contributed by atoms with E-state index in [1.807, 2.05) is 11.8 Å². The minimum absolute atomic E-state index is 0.173. The lowest BCUT2D eigenvalue weighted by molar-refractivity contribution is 1.23. The van der Waals surface area contributed by atoms with Gasteiger partial charge in [-0.05, 0) is 10.9 Å². The minimum Gasteiger partial charge on any atom is -0.120 e. The predicted molar refractivity (Wildman–Crippen MR) is 67.6 cm³/mol. The maximum absolute atomic E-state index is 3.63. The van der Waals surface area contributed by atoms with E-state index < -0.39 is 0 Å². The van der Waals surface area contributed by atoms with E-state index in [1.165, 1.54) is 6.42 Å². The van der Waals surface area contributed by atoms with Crippen molar-refractivity contribution in [3.63, 3.8) is 0 Å². The molecule has 0 saturated carbocycles. The van der Waals surface area contributed by atoms with Crippen LogP contribution in [-0.4, -0.2) is 13.7 Å². The molecule has 0 aromatic heterocycles. The Bertz CT molecular complexity index is 310. The van der Waals surface area contributed by atoms with Crippen molar-refractivity contribution in [1.82, 2.24) is 0 Å². The summed E-state index contributed by atoms with van der Waals surface area (Å²) < 4.78 is 2.27. The summed E-state index contributed by atoms with van der Waals surface area (Å²) in [6, 6.07) is 10.8. The Morgan fingerprint density at radius 3 is 2.69 bits per heavy atom. The van der Waals surface area contributed by atoms with Gasteiger partial charge in [-0.25, -0.2) is 0 Å². The number of rotatable bonds is 2. The fourth-order valence-corrected chi connectivity index (χ4v) is 6.41. The molecule has 1 aliphatic heterocycles. The molecule has 3 heteroatoms. The van der Waals surface area contributed by atoms with Crippen LogP contribution >= 0.6 is 27.7 Å². The molecule has 1 aliphatic rings. The van der Waals surface area contributed by atoms with E-state index in [0.29, 0.717) is 4.16 Å². The number of alkyl halides is 1. The quantitative estimate of drug-likeness (QED) is 0.587. The highest BCUT2D eigenvalue weighted by Crippen LogP contribution is 2.34. The Morgan fingerprint density at radius 2 is 2.08 bits per heavy atom. The maximum Gasteiger partial charge on any atom is 0.0951 e. The molecule has 0 radical (unpaired) electrons. The van der Waals surface area contributed by atoms with Crippen LogP contribution in [0.2, 0.25) is 0 Å². The summed E-state index contributed by atoms with van der Waals surface area (Å²) in [6.45, 7) is 0. The Labute approximate surface area is 93.8 Å². The fraction of sp³-hybridized carbons (Fsp3) is 0.200. The number of benzene rings is 1. The molecular weight excluding hydrogens is 260 g/mol. The van der Waals surface area contributed by atoms with Crippen LogP contribution in [0.15, 0.2) is 40.9 Å². The molecule has 68 valence electrons. The van der Waals surface area contributed by atoms with Gasteiger partial charge in [0.2, 0.25) is 0 Å². The zero-order chi connectivity index (χ0) is 9.10. The van der Waals surface area contributed by atoms with Gasteiger partial charge in [0.1, 0.15) is 0 Å². The van der Waals surface area contributed by atoms with Crippen molar-refractivity contribution in [2.24, 2.45) is 0 Å². The van der Waals surface area contributed by atoms with E-state index in [4.69, 9.17) is 0 Å². The highest BCUT2D eigenvalue weighted by atomic mass is 79.9. The van der Waals surface area contributed by atoms with E-state index >= 15 is 0 Å². The molecule has 0 spiro atoms. The summed E-state index contributed by atoms with van der Waals surface area (Å²) in [5.41, 5.74) is 0. The third-order valence-corrected chi connectivity index (χ3v) is 6.33. The normalized spacial score (nSPS) is 22.5. The molecule has 1 heterocycles. The second-order valence-electron chi connectivity index (χ2n) is 3.10. The minimum atomic E-state index is -0.173. The van der Waals surface area contributed by atoms with Crippen molar-refractivity contribution in [3.05, 3.63) is 40.9 Å². The largest absolute Gasteiger partial charge is 0.120 e. The predicted octanol–water partition coefficient (Wildman–Crippen LogP) is 2.18. The topological polar surface area (TPSA) is 0 Å². The van der Waals surface area contributed by atoms with E-state index in [2.05, 4.69) is 52.3 Å². The zero-order valence-electron chi connectivity index (χ0n) is 7.24. The molecule has 0 bridgehead atoms. The van der Waals surface area contributed by atoms with Crippen molar-refractivity contribution >= 4 is 42.4 Å². The number of hydrogen-bond donors (Lipinski definition) is 0. The van der Waals surface area contributed by atoms with E-state index in [9.17, 15) is 0 Å². The van der Waals surface area contributed by atoms with Crippen molar-refractivity contribution in [3.8, 4) is 0 Å². The van der Waals surface area contributed by atoms with Crippen molar-refractivity contribution in [2.45, 2.75) is 10.6 Å². The second-order valence-corrected chi connectivity index (χ2v) is 8.58. The Kier molecular flexibility index (Phi) is 3.30. The fourth-order valence-electron chi connectivity index (χ4n) is 1.40. The molecule has 0 fully saturated rings. The Hall–Kier alpha value is 0.00688. The summed E-state index contributed by atoms with van der Waals surface area (Å²) in [5.74, 6) is 0. The molecule has 1 aromatic carbocycles. The Balaban J connectivity index is 2.00. The standard InChI is InChI=1S/C10H11BrSSi/c11-9-6-7-10(12-9)13-8-4-2-1-3-5-8/h1-5,7,9H,6,13H2. The lowest BCUT2D eigenvalue weighted by atomic mass is 10.4. The molecule has 1 atom stereocenters. The van der Waals surface area contributed by atoms with Crippen molar-refractivity contribution in [1.29, 1.82) is 0 Å². The molecule has 0 amide bonds. The van der Waals surface area contributed by atoms with Gasteiger partial charge in [0.25, 0.3) is 0 Å². The molecule has 1 aromatic rings. The van der Waals surface area contributed by atoms with Crippen LogP contribution in [0.1, 0.15) is 6.42 Å². The Morgan fingerprint density at radius 1 is 1.31 bits per heavy atom. The molecule has 13 heavy (non-hydrogen) atoms. The van der Waals surface area contributed by atoms with Crippen LogP contribution in [0, 0.1) is 0 Å². The smallest absolute Gasteiger partial charge is 0.0951 e. The van der Waals surface area contributed by atoms with E-state index in [-0.39, 0.29) is 9.52 Å². The molecule has 1 unspecified atom stereocenters. The number of thioether (sulfide) groups is 1. The number of halogens is 1. The first kappa shape index (κ1) is 9.56. The maximum atomic E-state index is 3.63. The van der Waals surface area contributed by atoms with Gasteiger partial charge in [-0.3, -0.25) is 0 Å². The van der Waals surface area contributed by atoms with Crippen molar-refractivity contribution in [2.75, 3.05) is 0 Å². The summed E-state index contributed by atoms with van der Waals surface area (Å²) in [7, 11) is -0.173. The van der Waals surface area contributed by atoms with Crippen LogP contribution in [0.25, 0.3) is 0 Å². The van der Waals surface area contributed by atoms with Gasteiger partial charge in [0.15, 0.2) is 0 Å². The van der Waals surface area contributed by atoms with Gasteiger partial charge in [-0.2, -0.15) is 0 Å². The number of allylic oxidation sites excluding steroid dienone is 1. The van der Waals surface area contributed by atoms with Crippen LogP contribution in [0.3, 0.4) is 0 Å². The summed E-state index contributed by atoms with van der Waals surface area (Å²) in [4.78, 5) is 0. The number of hydrogen-bond acceptors (Lipinski definition) is 1. The monoisotopic (exact) mass is 270 g/mol. The van der Waals surface area contributed by atoms with Gasteiger partial charge in [0, 0.05) is 0 Å². The van der Waals surface area contributed by atoms with Gasteiger partial charge in [-0.15, -0.1) is 11.8 Å². The third-order valence-electron chi connectivity index (χ3n) is 2.03.